The van der Waals surface area contributed by atoms with Gasteiger partial charge in [-0.25, -0.2) is 0 Å². The van der Waals surface area contributed by atoms with Crippen molar-refractivity contribution in [3.05, 3.63) is 106 Å². The molecule has 1 atom stereocenters. The topological polar surface area (TPSA) is 20.2 Å². The summed E-state index contributed by atoms with van der Waals surface area (Å²) in [6.07, 6.45) is 0. The second-order valence-corrected chi connectivity index (χ2v) is 7.16. The Morgan fingerprint density at radius 1 is 0.792 bits per heavy atom. The zero-order valence-electron chi connectivity index (χ0n) is 13.3. The lowest BCUT2D eigenvalue weighted by molar-refractivity contribution is 0.125. The summed E-state index contributed by atoms with van der Waals surface area (Å²) < 4.78 is 1.01. The van der Waals surface area contributed by atoms with Crippen LogP contribution in [0.15, 0.2) is 83.3 Å². The highest BCUT2D eigenvalue weighted by Crippen LogP contribution is 2.52. The molecule has 1 N–H and O–H groups in total. The van der Waals surface area contributed by atoms with Crippen LogP contribution in [-0.2, 0) is 5.60 Å². The van der Waals surface area contributed by atoms with Crippen molar-refractivity contribution < 1.29 is 5.11 Å². The Kier molecular flexibility index (Phi) is 3.67. The van der Waals surface area contributed by atoms with Crippen molar-refractivity contribution in [1.82, 2.24) is 0 Å². The smallest absolute Gasteiger partial charge is 0.114 e. The first-order valence-electron chi connectivity index (χ1n) is 7.97. The van der Waals surface area contributed by atoms with Crippen LogP contribution < -0.4 is 0 Å². The van der Waals surface area contributed by atoms with Crippen molar-refractivity contribution in [1.29, 1.82) is 0 Å². The van der Waals surface area contributed by atoms with Crippen LogP contribution in [0.2, 0.25) is 0 Å². The van der Waals surface area contributed by atoms with Crippen LogP contribution >= 0.6 is 15.9 Å². The van der Waals surface area contributed by atoms with Crippen LogP contribution in [-0.4, -0.2) is 5.11 Å². The van der Waals surface area contributed by atoms with E-state index < -0.39 is 5.60 Å². The molecule has 0 saturated carbocycles. The standard InChI is InChI=1S/C22H17BrO/c1-22(24)19-13-12-17(23)14-18(19)20(15-8-4-2-5-9-15)21(22)16-10-6-3-7-11-16/h2-14,24H,1H3. The number of benzene rings is 3. The maximum atomic E-state index is 11.4. The van der Waals surface area contributed by atoms with Gasteiger partial charge in [0.25, 0.3) is 0 Å². The Balaban J connectivity index is 2.09. The van der Waals surface area contributed by atoms with Gasteiger partial charge in [0, 0.05) is 10.0 Å². The number of halogens is 1. The van der Waals surface area contributed by atoms with E-state index in [1.165, 1.54) is 0 Å². The third-order valence-corrected chi connectivity index (χ3v) is 5.13. The minimum absolute atomic E-state index is 0.948. The van der Waals surface area contributed by atoms with E-state index in [0.29, 0.717) is 0 Å². The Bertz CT molecular complexity index is 925. The summed E-state index contributed by atoms with van der Waals surface area (Å²) in [5.74, 6) is 0. The monoisotopic (exact) mass is 376 g/mol. The van der Waals surface area contributed by atoms with Crippen molar-refractivity contribution in [3.63, 3.8) is 0 Å². The molecule has 1 aliphatic carbocycles. The Labute approximate surface area is 150 Å². The Hall–Kier alpha value is -2.16. The third kappa shape index (κ3) is 2.34. The van der Waals surface area contributed by atoms with Crippen LogP contribution in [0.4, 0.5) is 0 Å². The fourth-order valence-corrected chi connectivity index (χ4v) is 3.96. The molecule has 3 aromatic rings. The van der Waals surface area contributed by atoms with E-state index in [1.807, 2.05) is 55.5 Å². The van der Waals surface area contributed by atoms with Crippen molar-refractivity contribution in [2.75, 3.05) is 0 Å². The molecule has 2 heteroatoms. The average Bonchev–Trinajstić information content (AvgIpc) is 2.83. The van der Waals surface area contributed by atoms with E-state index in [-0.39, 0.29) is 0 Å². The van der Waals surface area contributed by atoms with E-state index in [2.05, 4.69) is 46.3 Å². The highest BCUT2D eigenvalue weighted by Gasteiger charge is 2.40. The number of rotatable bonds is 2. The van der Waals surface area contributed by atoms with Gasteiger partial charge in [-0.2, -0.15) is 0 Å². The maximum absolute atomic E-state index is 11.4. The maximum Gasteiger partial charge on any atom is 0.114 e. The molecular formula is C22H17BrO. The molecule has 0 fully saturated rings. The zero-order chi connectivity index (χ0) is 16.7. The van der Waals surface area contributed by atoms with Crippen LogP contribution in [0.5, 0.6) is 0 Å². The molecule has 24 heavy (non-hydrogen) atoms. The number of hydrogen-bond acceptors (Lipinski definition) is 1. The summed E-state index contributed by atoms with van der Waals surface area (Å²) in [4.78, 5) is 0. The first-order valence-corrected chi connectivity index (χ1v) is 8.76. The molecule has 0 spiro atoms. The third-order valence-electron chi connectivity index (χ3n) is 4.64. The van der Waals surface area contributed by atoms with Gasteiger partial charge in [0.05, 0.1) is 0 Å². The number of hydrogen-bond donors (Lipinski definition) is 1. The molecule has 1 aliphatic rings. The van der Waals surface area contributed by atoms with Crippen LogP contribution in [0, 0.1) is 0 Å². The molecule has 0 bridgehead atoms. The summed E-state index contributed by atoms with van der Waals surface area (Å²) in [7, 11) is 0. The molecule has 0 saturated heterocycles. The predicted octanol–water partition coefficient (Wildman–Crippen LogP) is 5.63. The highest BCUT2D eigenvalue weighted by atomic mass is 79.9. The predicted molar refractivity (Wildman–Crippen MR) is 103 cm³/mol. The summed E-state index contributed by atoms with van der Waals surface area (Å²) in [5, 5.41) is 11.4. The molecule has 3 aromatic carbocycles. The Morgan fingerprint density at radius 3 is 2.00 bits per heavy atom. The van der Waals surface area contributed by atoms with Crippen LogP contribution in [0.25, 0.3) is 11.1 Å². The fourth-order valence-electron chi connectivity index (χ4n) is 3.60. The lowest BCUT2D eigenvalue weighted by atomic mass is 9.87. The van der Waals surface area contributed by atoms with Crippen LogP contribution in [0.3, 0.4) is 0 Å². The van der Waals surface area contributed by atoms with E-state index >= 15 is 0 Å². The summed E-state index contributed by atoms with van der Waals surface area (Å²) in [6.45, 7) is 1.89. The first-order chi connectivity index (χ1) is 11.6. The van der Waals surface area contributed by atoms with Gasteiger partial charge >= 0.3 is 0 Å². The molecule has 0 radical (unpaired) electrons. The average molecular weight is 377 g/mol. The molecule has 118 valence electrons. The van der Waals surface area contributed by atoms with Gasteiger partial charge in [0.2, 0.25) is 0 Å². The highest BCUT2D eigenvalue weighted by molar-refractivity contribution is 9.10. The van der Waals surface area contributed by atoms with Crippen molar-refractivity contribution in [2.45, 2.75) is 12.5 Å². The zero-order valence-corrected chi connectivity index (χ0v) is 14.9. The molecule has 0 heterocycles. The molecule has 0 amide bonds. The largest absolute Gasteiger partial charge is 0.381 e. The minimum atomic E-state index is -1.03. The van der Waals surface area contributed by atoms with Crippen molar-refractivity contribution in [2.24, 2.45) is 0 Å². The minimum Gasteiger partial charge on any atom is -0.381 e. The van der Waals surface area contributed by atoms with Gasteiger partial charge in [-0.15, -0.1) is 0 Å². The van der Waals surface area contributed by atoms with E-state index in [0.717, 1.165) is 37.9 Å². The van der Waals surface area contributed by atoms with Gasteiger partial charge in [0.15, 0.2) is 0 Å². The fraction of sp³-hybridized carbons (Fsp3) is 0.0909. The first kappa shape index (κ1) is 15.4. The quantitative estimate of drug-likeness (QED) is 0.614. The van der Waals surface area contributed by atoms with Crippen LogP contribution in [0.1, 0.15) is 29.2 Å². The molecular weight excluding hydrogens is 360 g/mol. The number of fused-ring (bicyclic) bond motifs is 1. The second-order valence-electron chi connectivity index (χ2n) is 6.24. The summed E-state index contributed by atoms with van der Waals surface area (Å²) in [5.41, 5.74) is 5.23. The van der Waals surface area contributed by atoms with E-state index in [4.69, 9.17) is 0 Å². The Morgan fingerprint density at radius 2 is 1.38 bits per heavy atom. The second kappa shape index (κ2) is 5.73. The van der Waals surface area contributed by atoms with E-state index in [1.54, 1.807) is 0 Å². The van der Waals surface area contributed by atoms with Gasteiger partial charge in [0.1, 0.15) is 5.60 Å². The summed E-state index contributed by atoms with van der Waals surface area (Å²) >= 11 is 3.57. The van der Waals surface area contributed by atoms with Gasteiger partial charge in [-0.05, 0) is 46.9 Å². The SMILES string of the molecule is CC1(O)C(c2ccccc2)=C(c2ccccc2)c2cc(Br)ccc21. The van der Waals surface area contributed by atoms with Crippen molar-refractivity contribution >= 4 is 27.1 Å². The van der Waals surface area contributed by atoms with E-state index in [9.17, 15) is 5.11 Å². The molecule has 4 rings (SSSR count). The lowest BCUT2D eigenvalue weighted by Crippen LogP contribution is -2.20. The van der Waals surface area contributed by atoms with Gasteiger partial charge < -0.3 is 5.11 Å². The molecule has 0 aliphatic heterocycles. The molecule has 1 nitrogen and oxygen atoms in total. The molecule has 1 unspecified atom stereocenters. The summed E-state index contributed by atoms with van der Waals surface area (Å²) in [6, 6.07) is 26.5. The molecule has 0 aromatic heterocycles. The van der Waals surface area contributed by atoms with Gasteiger partial charge in [-0.3, -0.25) is 0 Å². The lowest BCUT2D eigenvalue weighted by Gasteiger charge is -2.24. The van der Waals surface area contributed by atoms with Gasteiger partial charge in [-0.1, -0.05) is 82.7 Å². The van der Waals surface area contributed by atoms with Crippen molar-refractivity contribution in [3.8, 4) is 0 Å². The normalized spacial score (nSPS) is 19.5. The number of aliphatic hydroxyl groups is 1.